The molecule has 10 heteroatoms. The number of ether oxygens (including phenoxy) is 2. The van der Waals surface area contributed by atoms with Crippen LogP contribution in [0.5, 0.6) is 0 Å². The van der Waals surface area contributed by atoms with E-state index in [1.54, 1.807) is 13.8 Å². The molecular formula is C20H24N2O8. The highest BCUT2D eigenvalue weighted by Crippen LogP contribution is 2.12. The Bertz CT molecular complexity index is 711. The number of rotatable bonds is 12. The third-order valence-electron chi connectivity index (χ3n) is 3.38. The van der Waals surface area contributed by atoms with E-state index in [0.717, 1.165) is 22.3 Å². The van der Waals surface area contributed by atoms with Crippen LogP contribution in [0.3, 0.4) is 0 Å². The molecule has 0 atom stereocenters. The third kappa shape index (κ3) is 7.49. The Kier molecular flexibility index (Phi) is 10.5. The first kappa shape index (κ1) is 24.5. The Balaban J connectivity index is 2.89. The van der Waals surface area contributed by atoms with Gasteiger partial charge in [0, 0.05) is 23.3 Å². The SMILES string of the molecule is C=CC(=O)OCN(OCC)C(=O)c1ccc(C(=O)N(COC(=O)C=C)OCC)cc1. The van der Waals surface area contributed by atoms with Gasteiger partial charge in [0.25, 0.3) is 11.8 Å². The van der Waals surface area contributed by atoms with Crippen LogP contribution in [0.4, 0.5) is 0 Å². The second-order valence-corrected chi connectivity index (χ2v) is 5.37. The molecule has 0 saturated carbocycles. The van der Waals surface area contributed by atoms with Crippen molar-refractivity contribution in [2.45, 2.75) is 13.8 Å². The van der Waals surface area contributed by atoms with Gasteiger partial charge in [-0.25, -0.2) is 9.59 Å². The lowest BCUT2D eigenvalue weighted by atomic mass is 10.1. The molecule has 0 saturated heterocycles. The van der Waals surface area contributed by atoms with Gasteiger partial charge in [0.2, 0.25) is 0 Å². The fourth-order valence-electron chi connectivity index (χ4n) is 2.03. The topological polar surface area (TPSA) is 112 Å². The van der Waals surface area contributed by atoms with Gasteiger partial charge in [-0.15, -0.1) is 0 Å². The molecule has 162 valence electrons. The molecule has 1 aromatic rings. The molecule has 0 radical (unpaired) electrons. The van der Waals surface area contributed by atoms with Gasteiger partial charge in [-0.1, -0.05) is 13.2 Å². The maximum atomic E-state index is 12.6. The van der Waals surface area contributed by atoms with Gasteiger partial charge in [0.05, 0.1) is 13.2 Å². The van der Waals surface area contributed by atoms with Crippen molar-refractivity contribution in [1.82, 2.24) is 10.1 Å². The summed E-state index contributed by atoms with van der Waals surface area (Å²) in [5.74, 6) is -2.56. The van der Waals surface area contributed by atoms with Crippen LogP contribution in [-0.4, -0.2) is 60.6 Å². The molecule has 0 aliphatic heterocycles. The lowest BCUT2D eigenvalue weighted by molar-refractivity contribution is -0.179. The highest BCUT2D eigenvalue weighted by Gasteiger charge is 2.21. The zero-order chi connectivity index (χ0) is 22.5. The number of nitrogens with zero attached hydrogens (tertiary/aromatic N) is 2. The van der Waals surface area contributed by atoms with Crippen molar-refractivity contribution >= 4 is 23.8 Å². The summed E-state index contributed by atoms with van der Waals surface area (Å²) in [6, 6.07) is 5.60. The molecule has 0 aliphatic rings. The lowest BCUT2D eigenvalue weighted by Crippen LogP contribution is -2.35. The second-order valence-electron chi connectivity index (χ2n) is 5.37. The highest BCUT2D eigenvalue weighted by atomic mass is 16.7. The zero-order valence-electron chi connectivity index (χ0n) is 16.9. The van der Waals surface area contributed by atoms with Crippen LogP contribution in [0.2, 0.25) is 0 Å². The summed E-state index contributed by atoms with van der Waals surface area (Å²) in [5, 5.41) is 1.75. The predicted octanol–water partition coefficient (Wildman–Crippen LogP) is 1.85. The van der Waals surface area contributed by atoms with E-state index in [9.17, 15) is 19.2 Å². The summed E-state index contributed by atoms with van der Waals surface area (Å²) < 4.78 is 9.64. The van der Waals surface area contributed by atoms with Crippen molar-refractivity contribution in [3.05, 3.63) is 60.7 Å². The van der Waals surface area contributed by atoms with E-state index in [1.165, 1.54) is 24.3 Å². The lowest BCUT2D eigenvalue weighted by Gasteiger charge is -2.21. The molecule has 0 aliphatic carbocycles. The molecule has 0 bridgehead atoms. The first-order valence-electron chi connectivity index (χ1n) is 8.95. The number of hydrogen-bond acceptors (Lipinski definition) is 8. The monoisotopic (exact) mass is 420 g/mol. The summed E-state index contributed by atoms with van der Waals surface area (Å²) in [5.41, 5.74) is 0.381. The molecule has 0 heterocycles. The summed E-state index contributed by atoms with van der Waals surface area (Å²) in [7, 11) is 0. The van der Waals surface area contributed by atoms with E-state index in [4.69, 9.17) is 19.1 Å². The second kappa shape index (κ2) is 12.9. The van der Waals surface area contributed by atoms with Crippen molar-refractivity contribution in [2.24, 2.45) is 0 Å². The smallest absolute Gasteiger partial charge is 0.331 e. The van der Waals surface area contributed by atoms with E-state index < -0.39 is 37.2 Å². The van der Waals surface area contributed by atoms with Gasteiger partial charge in [0.1, 0.15) is 0 Å². The molecule has 0 unspecified atom stereocenters. The number of esters is 2. The number of hydrogen-bond donors (Lipinski definition) is 0. The molecule has 0 N–H and O–H groups in total. The van der Waals surface area contributed by atoms with E-state index in [0.29, 0.717) is 0 Å². The fraction of sp³-hybridized carbons (Fsp3) is 0.300. The van der Waals surface area contributed by atoms with Crippen LogP contribution >= 0.6 is 0 Å². The zero-order valence-corrected chi connectivity index (χ0v) is 16.9. The number of benzene rings is 1. The van der Waals surface area contributed by atoms with Gasteiger partial charge >= 0.3 is 11.9 Å². The average molecular weight is 420 g/mol. The standard InChI is InChI=1S/C20H24N2O8/c1-5-17(23)27-13-21(29-7-3)19(25)15-9-11-16(12-10-15)20(26)22(30-8-4)14-28-18(24)6-2/h5-6,9-12H,1-2,7-8,13-14H2,3-4H3. The van der Waals surface area contributed by atoms with Crippen molar-refractivity contribution < 1.29 is 38.3 Å². The summed E-state index contributed by atoms with van der Waals surface area (Å²) >= 11 is 0. The van der Waals surface area contributed by atoms with Crippen LogP contribution < -0.4 is 0 Å². The fourth-order valence-corrected chi connectivity index (χ4v) is 2.03. The normalized spacial score (nSPS) is 9.93. The van der Waals surface area contributed by atoms with Gasteiger partial charge in [0.15, 0.2) is 13.5 Å². The van der Waals surface area contributed by atoms with Gasteiger partial charge < -0.3 is 9.47 Å². The van der Waals surface area contributed by atoms with E-state index >= 15 is 0 Å². The Morgan fingerprint density at radius 3 is 1.37 bits per heavy atom. The van der Waals surface area contributed by atoms with Gasteiger partial charge in [-0.05, 0) is 38.1 Å². The molecule has 2 amide bonds. The minimum Gasteiger partial charge on any atom is -0.439 e. The van der Waals surface area contributed by atoms with Crippen LogP contribution in [0.15, 0.2) is 49.6 Å². The molecular weight excluding hydrogens is 396 g/mol. The van der Waals surface area contributed by atoms with Gasteiger partial charge in [-0.2, -0.15) is 10.1 Å². The summed E-state index contributed by atoms with van der Waals surface area (Å²) in [6.45, 7) is 9.36. The molecule has 0 aromatic heterocycles. The first-order valence-corrected chi connectivity index (χ1v) is 8.95. The predicted molar refractivity (Wildman–Crippen MR) is 104 cm³/mol. The quantitative estimate of drug-likeness (QED) is 0.218. The van der Waals surface area contributed by atoms with Crippen LogP contribution in [-0.2, 0) is 28.7 Å². The third-order valence-corrected chi connectivity index (χ3v) is 3.38. The molecule has 0 spiro atoms. The van der Waals surface area contributed by atoms with Crippen LogP contribution in [0, 0.1) is 0 Å². The summed E-state index contributed by atoms with van der Waals surface area (Å²) in [4.78, 5) is 57.9. The highest BCUT2D eigenvalue weighted by molar-refractivity contribution is 5.97. The number of hydroxylamine groups is 4. The van der Waals surface area contributed by atoms with Crippen LogP contribution in [0.1, 0.15) is 34.6 Å². The Hall–Kier alpha value is -3.50. The minimum atomic E-state index is -0.707. The van der Waals surface area contributed by atoms with Crippen molar-refractivity contribution in [3.8, 4) is 0 Å². The van der Waals surface area contributed by atoms with Crippen molar-refractivity contribution in [2.75, 3.05) is 26.7 Å². The Morgan fingerprint density at radius 2 is 1.10 bits per heavy atom. The maximum Gasteiger partial charge on any atom is 0.331 e. The van der Waals surface area contributed by atoms with E-state index in [-0.39, 0.29) is 24.3 Å². The molecule has 1 rings (SSSR count). The maximum absolute atomic E-state index is 12.6. The Morgan fingerprint density at radius 1 is 0.767 bits per heavy atom. The Labute approximate surface area is 174 Å². The minimum absolute atomic E-state index is 0.167. The van der Waals surface area contributed by atoms with Crippen molar-refractivity contribution in [3.63, 3.8) is 0 Å². The van der Waals surface area contributed by atoms with E-state index in [1.807, 2.05) is 0 Å². The molecule has 0 fully saturated rings. The first-order chi connectivity index (χ1) is 14.4. The number of carbonyl (C=O) groups excluding carboxylic acids is 4. The van der Waals surface area contributed by atoms with E-state index in [2.05, 4.69) is 13.2 Å². The largest absolute Gasteiger partial charge is 0.439 e. The number of amides is 2. The molecule has 10 nitrogen and oxygen atoms in total. The van der Waals surface area contributed by atoms with Crippen molar-refractivity contribution in [1.29, 1.82) is 0 Å². The molecule has 30 heavy (non-hydrogen) atoms. The number of carbonyl (C=O) groups is 4. The average Bonchev–Trinajstić information content (AvgIpc) is 2.77. The van der Waals surface area contributed by atoms with Crippen LogP contribution in [0.25, 0.3) is 0 Å². The van der Waals surface area contributed by atoms with Gasteiger partial charge in [-0.3, -0.25) is 19.3 Å². The molecule has 1 aromatic carbocycles. The summed E-state index contributed by atoms with van der Waals surface area (Å²) in [6.07, 6.45) is 1.93.